The number of hydrogen-bond acceptors (Lipinski definition) is 7. The quantitative estimate of drug-likeness (QED) is 0.127. The van der Waals surface area contributed by atoms with Crippen LogP contribution in [0.1, 0.15) is 17.3 Å². The fraction of sp³-hybridized carbons (Fsp3) is 0.0690. The number of nitrogens with one attached hydrogen (secondary N) is 2. The summed E-state index contributed by atoms with van der Waals surface area (Å²) >= 11 is 1.38. The smallest absolute Gasteiger partial charge is 0.270 e. The summed E-state index contributed by atoms with van der Waals surface area (Å²) < 4.78 is 5.80. The molecule has 1 heterocycles. The number of benzene rings is 4. The highest BCUT2D eigenvalue weighted by Gasteiger charge is 2.16. The Kier molecular flexibility index (Phi) is 7.37. The maximum Gasteiger partial charge on any atom is 0.270 e. The monoisotopic (exact) mass is 538 g/mol. The molecule has 0 saturated carbocycles. The Labute approximate surface area is 227 Å². The number of nitro benzene ring substituents is 1. The molecule has 2 N–H and O–H groups in total. The Hall–Kier alpha value is -4.96. The lowest BCUT2D eigenvalue weighted by molar-refractivity contribution is -0.384. The van der Waals surface area contributed by atoms with Gasteiger partial charge in [0, 0.05) is 39.5 Å². The third-order valence-corrected chi connectivity index (χ3v) is 6.92. The second-order valence-electron chi connectivity index (χ2n) is 8.60. The van der Waals surface area contributed by atoms with Gasteiger partial charge in [-0.25, -0.2) is 4.98 Å². The molecule has 2 amide bonds. The molecule has 0 aliphatic carbocycles. The maximum atomic E-state index is 12.8. The summed E-state index contributed by atoms with van der Waals surface area (Å²) in [6, 6.07) is 27.4. The van der Waals surface area contributed by atoms with Gasteiger partial charge in [-0.15, -0.1) is 11.8 Å². The number of amides is 2. The van der Waals surface area contributed by atoms with E-state index in [4.69, 9.17) is 4.42 Å². The van der Waals surface area contributed by atoms with Crippen LogP contribution in [-0.2, 0) is 4.79 Å². The molecular weight excluding hydrogens is 516 g/mol. The van der Waals surface area contributed by atoms with Crippen molar-refractivity contribution in [1.29, 1.82) is 0 Å². The zero-order chi connectivity index (χ0) is 27.4. The molecule has 1 aromatic heterocycles. The van der Waals surface area contributed by atoms with Crippen molar-refractivity contribution >= 4 is 51.7 Å². The van der Waals surface area contributed by atoms with E-state index in [2.05, 4.69) is 15.6 Å². The van der Waals surface area contributed by atoms with E-state index < -0.39 is 10.8 Å². The van der Waals surface area contributed by atoms with E-state index in [0.29, 0.717) is 22.8 Å². The van der Waals surface area contributed by atoms with Crippen molar-refractivity contribution in [2.75, 3.05) is 10.6 Å². The minimum Gasteiger partial charge on any atom is -0.436 e. The van der Waals surface area contributed by atoms with Crippen LogP contribution < -0.4 is 10.6 Å². The largest absolute Gasteiger partial charge is 0.436 e. The lowest BCUT2D eigenvalue weighted by Gasteiger charge is -2.13. The Morgan fingerprint density at radius 3 is 2.31 bits per heavy atom. The zero-order valence-electron chi connectivity index (χ0n) is 20.7. The van der Waals surface area contributed by atoms with Gasteiger partial charge in [0.1, 0.15) is 5.52 Å². The topological polar surface area (TPSA) is 127 Å². The number of oxazole rings is 1. The van der Waals surface area contributed by atoms with Crippen molar-refractivity contribution < 1.29 is 18.9 Å². The number of aromatic nitrogens is 1. The van der Waals surface area contributed by atoms with Crippen LogP contribution in [0.25, 0.3) is 22.6 Å². The Balaban J connectivity index is 1.15. The predicted molar refractivity (Wildman–Crippen MR) is 151 cm³/mol. The van der Waals surface area contributed by atoms with Crippen molar-refractivity contribution in [1.82, 2.24) is 4.98 Å². The molecule has 4 aromatic carbocycles. The predicted octanol–water partition coefficient (Wildman–Crippen LogP) is 6.77. The Bertz CT molecular complexity index is 1630. The first-order chi connectivity index (χ1) is 18.9. The second kappa shape index (κ2) is 11.2. The molecule has 194 valence electrons. The van der Waals surface area contributed by atoms with Gasteiger partial charge in [0.25, 0.3) is 11.6 Å². The van der Waals surface area contributed by atoms with Gasteiger partial charge in [-0.05, 0) is 73.7 Å². The number of rotatable bonds is 8. The Morgan fingerprint density at radius 1 is 0.897 bits per heavy atom. The van der Waals surface area contributed by atoms with Crippen LogP contribution in [0.15, 0.2) is 106 Å². The molecule has 0 saturated heterocycles. The summed E-state index contributed by atoms with van der Waals surface area (Å²) in [5.74, 6) is -0.0886. The Morgan fingerprint density at radius 2 is 1.59 bits per heavy atom. The van der Waals surface area contributed by atoms with Gasteiger partial charge < -0.3 is 15.1 Å². The molecule has 1 atom stereocenters. The van der Waals surface area contributed by atoms with Gasteiger partial charge in [0.2, 0.25) is 11.8 Å². The summed E-state index contributed by atoms with van der Waals surface area (Å²) in [7, 11) is 0. The number of carbonyl (C=O) groups is 2. The number of thioether (sulfide) groups is 1. The van der Waals surface area contributed by atoms with Crippen LogP contribution in [0, 0.1) is 10.1 Å². The number of fused-ring (bicyclic) bond motifs is 1. The molecule has 0 bridgehead atoms. The molecule has 10 heteroatoms. The first-order valence-electron chi connectivity index (χ1n) is 11.9. The number of para-hydroxylation sites is 2. The molecule has 9 nitrogen and oxygen atoms in total. The second-order valence-corrected chi connectivity index (χ2v) is 10.0. The van der Waals surface area contributed by atoms with Gasteiger partial charge in [-0.3, -0.25) is 19.7 Å². The number of non-ortho nitro benzene ring substituents is 1. The fourth-order valence-corrected chi connectivity index (χ4v) is 4.64. The van der Waals surface area contributed by atoms with E-state index in [-0.39, 0.29) is 22.4 Å². The van der Waals surface area contributed by atoms with Crippen molar-refractivity contribution in [3.8, 4) is 11.5 Å². The molecule has 39 heavy (non-hydrogen) atoms. The number of nitrogens with zero attached hydrogens (tertiary/aromatic N) is 2. The van der Waals surface area contributed by atoms with E-state index in [1.807, 2.05) is 43.3 Å². The van der Waals surface area contributed by atoms with Crippen molar-refractivity contribution in [3.05, 3.63) is 113 Å². The summed E-state index contributed by atoms with van der Waals surface area (Å²) in [6.07, 6.45) is 0. The summed E-state index contributed by atoms with van der Waals surface area (Å²) in [6.45, 7) is 1.81. The molecule has 5 rings (SSSR count). The van der Waals surface area contributed by atoms with E-state index in [9.17, 15) is 19.7 Å². The highest BCUT2D eigenvalue weighted by Crippen LogP contribution is 2.28. The van der Waals surface area contributed by atoms with Crippen molar-refractivity contribution in [2.45, 2.75) is 17.1 Å². The molecule has 0 fully saturated rings. The highest BCUT2D eigenvalue weighted by atomic mass is 32.2. The molecule has 0 aliphatic rings. The van der Waals surface area contributed by atoms with Crippen LogP contribution in [0.3, 0.4) is 0 Å². The summed E-state index contributed by atoms with van der Waals surface area (Å²) in [5.41, 5.74) is 3.54. The average Bonchev–Trinajstić information content (AvgIpc) is 3.39. The van der Waals surface area contributed by atoms with Crippen LogP contribution in [0.5, 0.6) is 0 Å². The minimum absolute atomic E-state index is 0.152. The standard InChI is InChI=1S/C29H22N4O5S/c1-18(27(34)30-21-11-9-19(10-12-21)29-32-25-7-2-3-8-26(25)38-29)39-24-15-13-22(14-16-24)31-28(35)20-5-4-6-23(17-20)33(36)37/h2-18H,1H3,(H,30,34)(H,31,35). The van der Waals surface area contributed by atoms with Gasteiger partial charge in [0.05, 0.1) is 10.2 Å². The maximum absolute atomic E-state index is 12.8. The van der Waals surface area contributed by atoms with Crippen LogP contribution in [0.4, 0.5) is 17.1 Å². The van der Waals surface area contributed by atoms with E-state index >= 15 is 0 Å². The first kappa shape index (κ1) is 25.7. The van der Waals surface area contributed by atoms with Gasteiger partial charge in [-0.2, -0.15) is 0 Å². The number of nitro groups is 1. The molecular formula is C29H22N4O5S. The minimum atomic E-state index is -0.547. The molecule has 0 spiro atoms. The van der Waals surface area contributed by atoms with Crippen LogP contribution in [-0.4, -0.2) is 27.0 Å². The third kappa shape index (κ3) is 6.13. The fourth-order valence-electron chi connectivity index (χ4n) is 3.77. The van der Waals surface area contributed by atoms with E-state index in [1.165, 1.54) is 36.0 Å². The summed E-state index contributed by atoms with van der Waals surface area (Å²) in [5, 5.41) is 16.2. The lowest BCUT2D eigenvalue weighted by atomic mass is 10.2. The molecule has 1 unspecified atom stereocenters. The number of carbonyl (C=O) groups excluding carboxylic acids is 2. The average molecular weight is 539 g/mol. The third-order valence-electron chi connectivity index (χ3n) is 5.81. The van der Waals surface area contributed by atoms with Gasteiger partial charge in [-0.1, -0.05) is 18.2 Å². The molecule has 0 aliphatic heterocycles. The van der Waals surface area contributed by atoms with E-state index in [1.54, 1.807) is 36.4 Å². The highest BCUT2D eigenvalue weighted by molar-refractivity contribution is 8.00. The van der Waals surface area contributed by atoms with Crippen molar-refractivity contribution in [3.63, 3.8) is 0 Å². The van der Waals surface area contributed by atoms with Gasteiger partial charge >= 0.3 is 0 Å². The summed E-state index contributed by atoms with van der Waals surface area (Å²) in [4.78, 5) is 41.0. The van der Waals surface area contributed by atoms with E-state index in [0.717, 1.165) is 16.0 Å². The first-order valence-corrected chi connectivity index (χ1v) is 12.8. The number of hydrogen-bond donors (Lipinski definition) is 2. The van der Waals surface area contributed by atoms with Crippen LogP contribution in [0.2, 0.25) is 0 Å². The molecule has 5 aromatic rings. The normalized spacial score (nSPS) is 11.6. The SMILES string of the molecule is CC(Sc1ccc(NC(=O)c2cccc([N+](=O)[O-])c2)cc1)C(=O)Nc1ccc(-c2nc3ccccc3o2)cc1. The zero-order valence-corrected chi connectivity index (χ0v) is 21.5. The lowest BCUT2D eigenvalue weighted by Crippen LogP contribution is -2.22. The number of anilines is 2. The molecule has 0 radical (unpaired) electrons. The van der Waals surface area contributed by atoms with Gasteiger partial charge in [0.15, 0.2) is 5.58 Å². The van der Waals surface area contributed by atoms with Crippen LogP contribution >= 0.6 is 11.8 Å². The van der Waals surface area contributed by atoms with Crippen molar-refractivity contribution in [2.24, 2.45) is 0 Å².